The third-order valence-electron chi connectivity index (χ3n) is 4.31. The number of aryl methyl sites for hydroxylation is 2. The van der Waals surface area contributed by atoms with Crippen molar-refractivity contribution in [3.05, 3.63) is 27.7 Å². The van der Waals surface area contributed by atoms with Crippen molar-refractivity contribution >= 4 is 41.3 Å². The summed E-state index contributed by atoms with van der Waals surface area (Å²) in [5.74, 6) is 3.21. The van der Waals surface area contributed by atoms with Crippen LogP contribution in [0.25, 0.3) is 0 Å². The lowest BCUT2D eigenvalue weighted by molar-refractivity contribution is 0.391. The van der Waals surface area contributed by atoms with Crippen LogP contribution in [0.3, 0.4) is 0 Å². The van der Waals surface area contributed by atoms with Crippen molar-refractivity contribution in [2.24, 2.45) is 4.99 Å². The van der Waals surface area contributed by atoms with Gasteiger partial charge in [0, 0.05) is 36.5 Å². The highest BCUT2D eigenvalue weighted by Crippen LogP contribution is 2.17. The fraction of sp³-hybridized carbons (Fsp3) is 0.647. The molecule has 0 spiro atoms. The molecule has 144 valence electrons. The molecule has 3 rings (SSSR count). The molecule has 3 heterocycles. The van der Waals surface area contributed by atoms with E-state index < -0.39 is 0 Å². The van der Waals surface area contributed by atoms with Crippen LogP contribution >= 0.6 is 35.3 Å². The van der Waals surface area contributed by atoms with Crippen LogP contribution in [-0.4, -0.2) is 38.8 Å². The average molecular weight is 489 g/mol. The van der Waals surface area contributed by atoms with E-state index in [4.69, 9.17) is 0 Å². The molecule has 9 heteroatoms. The van der Waals surface area contributed by atoms with Crippen molar-refractivity contribution in [3.63, 3.8) is 0 Å². The number of fused-ring (bicyclic) bond motifs is 1. The van der Waals surface area contributed by atoms with Crippen LogP contribution in [0.4, 0.5) is 0 Å². The van der Waals surface area contributed by atoms with Gasteiger partial charge in [-0.25, -0.2) is 14.6 Å². The van der Waals surface area contributed by atoms with Gasteiger partial charge >= 0.3 is 0 Å². The number of hydrogen-bond donors (Lipinski definition) is 2. The maximum atomic E-state index is 4.64. The molecule has 0 aliphatic carbocycles. The maximum absolute atomic E-state index is 4.64. The highest BCUT2D eigenvalue weighted by Gasteiger charge is 2.23. The summed E-state index contributed by atoms with van der Waals surface area (Å²) in [5.41, 5.74) is 0. The molecule has 1 aliphatic heterocycles. The fourth-order valence-electron chi connectivity index (χ4n) is 2.83. The monoisotopic (exact) mass is 489 g/mol. The lowest BCUT2D eigenvalue weighted by Gasteiger charge is -2.25. The highest BCUT2D eigenvalue weighted by atomic mass is 127. The van der Waals surface area contributed by atoms with Crippen LogP contribution in [0.2, 0.25) is 0 Å². The summed E-state index contributed by atoms with van der Waals surface area (Å²) in [6, 6.07) is 0.308. The van der Waals surface area contributed by atoms with E-state index in [0.717, 1.165) is 48.4 Å². The van der Waals surface area contributed by atoms with E-state index in [-0.39, 0.29) is 24.0 Å². The molecule has 0 saturated carbocycles. The number of hydrogen-bond acceptors (Lipinski definition) is 5. The Morgan fingerprint density at radius 1 is 1.46 bits per heavy atom. The van der Waals surface area contributed by atoms with Crippen LogP contribution in [0, 0.1) is 0 Å². The second-order valence-electron chi connectivity index (χ2n) is 6.60. The standard InChI is InChI=1S/C17H27N7S.HI/c1-5-13-8-19-15(25-13)9-20-17(18-4)21-12-6-7-14-22-16(11(2)3)23-24(14)10-12;/h8,11-12H,5-7,9-10H2,1-4H3,(H2,18,20,21);1H. The van der Waals surface area contributed by atoms with Crippen LogP contribution in [0.5, 0.6) is 0 Å². The van der Waals surface area contributed by atoms with E-state index in [9.17, 15) is 0 Å². The highest BCUT2D eigenvalue weighted by molar-refractivity contribution is 14.0. The first-order chi connectivity index (χ1) is 12.1. The summed E-state index contributed by atoms with van der Waals surface area (Å²) < 4.78 is 2.04. The van der Waals surface area contributed by atoms with Crippen molar-refractivity contribution in [2.45, 2.75) is 65.1 Å². The Kier molecular flexibility index (Phi) is 7.81. The van der Waals surface area contributed by atoms with Crippen molar-refractivity contribution in [3.8, 4) is 0 Å². The molecule has 1 aliphatic rings. The molecule has 1 atom stereocenters. The van der Waals surface area contributed by atoms with E-state index in [2.05, 4.69) is 51.5 Å². The topological polar surface area (TPSA) is 80.0 Å². The molecule has 1 unspecified atom stereocenters. The molecule has 2 N–H and O–H groups in total. The van der Waals surface area contributed by atoms with E-state index >= 15 is 0 Å². The van der Waals surface area contributed by atoms with E-state index in [0.29, 0.717) is 18.5 Å². The van der Waals surface area contributed by atoms with Crippen LogP contribution in [-0.2, 0) is 25.9 Å². The summed E-state index contributed by atoms with van der Waals surface area (Å²) in [4.78, 5) is 14.7. The van der Waals surface area contributed by atoms with E-state index in [1.165, 1.54) is 4.88 Å². The Morgan fingerprint density at radius 3 is 2.92 bits per heavy atom. The predicted octanol–water partition coefficient (Wildman–Crippen LogP) is 2.72. The van der Waals surface area contributed by atoms with Gasteiger partial charge in [0.25, 0.3) is 0 Å². The first-order valence-electron chi connectivity index (χ1n) is 8.93. The van der Waals surface area contributed by atoms with Crippen molar-refractivity contribution in [1.29, 1.82) is 0 Å². The molecule has 0 saturated heterocycles. The number of nitrogens with one attached hydrogen (secondary N) is 2. The molecule has 0 fully saturated rings. The van der Waals surface area contributed by atoms with E-state index in [1.807, 2.05) is 10.9 Å². The molecular formula is C17H28IN7S. The summed E-state index contributed by atoms with van der Waals surface area (Å²) >= 11 is 1.75. The molecule has 0 bridgehead atoms. The zero-order chi connectivity index (χ0) is 17.8. The number of nitrogens with zero attached hydrogens (tertiary/aromatic N) is 5. The van der Waals surface area contributed by atoms with Crippen LogP contribution in [0.1, 0.15) is 54.6 Å². The van der Waals surface area contributed by atoms with Crippen LogP contribution in [0.15, 0.2) is 11.2 Å². The molecule has 0 aromatic carbocycles. The summed E-state index contributed by atoms with van der Waals surface area (Å²) in [7, 11) is 1.80. The van der Waals surface area contributed by atoms with Gasteiger partial charge in [-0.2, -0.15) is 5.10 Å². The summed E-state index contributed by atoms with van der Waals surface area (Å²) in [6.45, 7) is 7.93. The molecule has 7 nitrogen and oxygen atoms in total. The van der Waals surface area contributed by atoms with Gasteiger partial charge in [0.15, 0.2) is 11.8 Å². The fourth-order valence-corrected chi connectivity index (χ4v) is 3.63. The molecule has 0 radical (unpaired) electrons. The molecule has 26 heavy (non-hydrogen) atoms. The first kappa shape index (κ1) is 21.1. The minimum absolute atomic E-state index is 0. The number of halogens is 1. The van der Waals surface area contributed by atoms with Gasteiger partial charge in [0.1, 0.15) is 10.8 Å². The number of rotatable bonds is 5. The Morgan fingerprint density at radius 2 is 2.27 bits per heavy atom. The smallest absolute Gasteiger partial charge is 0.191 e. The number of thiazole rings is 1. The summed E-state index contributed by atoms with van der Waals surface area (Å²) in [6.07, 6.45) is 4.97. The predicted molar refractivity (Wildman–Crippen MR) is 116 cm³/mol. The quantitative estimate of drug-likeness (QED) is 0.384. The summed E-state index contributed by atoms with van der Waals surface area (Å²) in [5, 5.41) is 12.6. The Balaban J connectivity index is 0.00000243. The lowest BCUT2D eigenvalue weighted by atomic mass is 10.1. The van der Waals surface area contributed by atoms with Gasteiger partial charge in [-0.3, -0.25) is 4.99 Å². The molecule has 2 aromatic rings. The van der Waals surface area contributed by atoms with Crippen LogP contribution < -0.4 is 10.6 Å². The largest absolute Gasteiger partial charge is 0.352 e. The van der Waals surface area contributed by atoms with Crippen molar-refractivity contribution in [1.82, 2.24) is 30.4 Å². The third-order valence-corrected chi connectivity index (χ3v) is 5.45. The number of aliphatic imine (C=N–C) groups is 1. The first-order valence-corrected chi connectivity index (χ1v) is 9.75. The van der Waals surface area contributed by atoms with E-state index in [1.54, 1.807) is 18.4 Å². The molecule has 2 aromatic heterocycles. The Hall–Kier alpha value is -1.23. The van der Waals surface area contributed by atoms with Gasteiger partial charge in [-0.15, -0.1) is 35.3 Å². The van der Waals surface area contributed by atoms with Gasteiger partial charge in [-0.05, 0) is 12.8 Å². The molecular weight excluding hydrogens is 461 g/mol. The molecule has 0 amide bonds. The minimum Gasteiger partial charge on any atom is -0.352 e. The normalized spacial score (nSPS) is 17.0. The minimum atomic E-state index is 0. The second-order valence-corrected chi connectivity index (χ2v) is 7.80. The van der Waals surface area contributed by atoms with Gasteiger partial charge in [0.2, 0.25) is 0 Å². The average Bonchev–Trinajstić information content (AvgIpc) is 3.24. The van der Waals surface area contributed by atoms with Gasteiger partial charge in [-0.1, -0.05) is 20.8 Å². The van der Waals surface area contributed by atoms with Crippen molar-refractivity contribution in [2.75, 3.05) is 7.05 Å². The lowest BCUT2D eigenvalue weighted by Crippen LogP contribution is -2.46. The zero-order valence-corrected chi connectivity index (χ0v) is 19.0. The third kappa shape index (κ3) is 5.15. The Bertz CT molecular complexity index is 737. The second kappa shape index (κ2) is 9.63. The van der Waals surface area contributed by atoms with Gasteiger partial charge in [0.05, 0.1) is 13.1 Å². The number of aromatic nitrogens is 4. The van der Waals surface area contributed by atoms with Crippen molar-refractivity contribution < 1.29 is 0 Å². The van der Waals surface area contributed by atoms with Gasteiger partial charge < -0.3 is 10.6 Å². The SMILES string of the molecule is CCc1cnc(CNC(=NC)NC2CCc3nc(C(C)C)nn3C2)s1.I. The zero-order valence-electron chi connectivity index (χ0n) is 15.8. The maximum Gasteiger partial charge on any atom is 0.191 e. The Labute approximate surface area is 176 Å². The number of guanidine groups is 1.